The molecule has 1 aromatic rings. The van der Waals surface area contributed by atoms with E-state index in [4.69, 9.17) is 0 Å². The third-order valence-electron chi connectivity index (χ3n) is 4.33. The number of nitrogens with one attached hydrogen (secondary N) is 1. The van der Waals surface area contributed by atoms with Crippen LogP contribution < -0.4 is 5.32 Å². The molecule has 5 nitrogen and oxygen atoms in total. The van der Waals surface area contributed by atoms with Crippen molar-refractivity contribution in [2.24, 2.45) is 0 Å². The molecule has 122 valence electrons. The van der Waals surface area contributed by atoms with Crippen molar-refractivity contribution in [1.29, 1.82) is 0 Å². The molecular weight excluding hydrogens is 276 g/mol. The summed E-state index contributed by atoms with van der Waals surface area (Å²) in [7, 11) is 0. The Morgan fingerprint density at radius 3 is 2.82 bits per heavy atom. The van der Waals surface area contributed by atoms with Crippen LogP contribution in [0.3, 0.4) is 0 Å². The van der Waals surface area contributed by atoms with Crippen molar-refractivity contribution in [2.75, 3.05) is 18.4 Å². The number of hydrogen-bond donors (Lipinski definition) is 1. The summed E-state index contributed by atoms with van der Waals surface area (Å²) in [5.74, 6) is 0.773. The minimum Gasteiger partial charge on any atom is -0.369 e. The first-order valence-corrected chi connectivity index (χ1v) is 8.64. The Kier molecular flexibility index (Phi) is 6.62. The van der Waals surface area contributed by atoms with E-state index < -0.39 is 0 Å². The van der Waals surface area contributed by atoms with Crippen LogP contribution in [0.25, 0.3) is 0 Å². The summed E-state index contributed by atoms with van der Waals surface area (Å²) in [4.78, 5) is 14.6. The molecule has 1 aliphatic rings. The summed E-state index contributed by atoms with van der Waals surface area (Å²) >= 11 is 0. The Balaban J connectivity index is 1.92. The number of hydrogen-bond acceptors (Lipinski definition) is 4. The van der Waals surface area contributed by atoms with Crippen molar-refractivity contribution in [3.63, 3.8) is 0 Å². The minimum atomic E-state index is 0.0246. The second-order valence-corrected chi connectivity index (χ2v) is 5.99. The summed E-state index contributed by atoms with van der Waals surface area (Å²) in [5, 5.41) is 11.5. The molecule has 22 heavy (non-hydrogen) atoms. The molecule has 1 aromatic heterocycles. The van der Waals surface area contributed by atoms with Gasteiger partial charge in [0.2, 0.25) is 0 Å². The average Bonchev–Trinajstić information content (AvgIpc) is 2.58. The quantitative estimate of drug-likeness (QED) is 0.783. The van der Waals surface area contributed by atoms with E-state index in [0.29, 0.717) is 11.7 Å². The van der Waals surface area contributed by atoms with Gasteiger partial charge in [-0.2, -0.15) is 0 Å². The summed E-state index contributed by atoms with van der Waals surface area (Å²) in [6, 6.07) is 4.01. The fourth-order valence-corrected chi connectivity index (χ4v) is 2.97. The van der Waals surface area contributed by atoms with Crippen LogP contribution in [0.5, 0.6) is 0 Å². The first-order valence-electron chi connectivity index (χ1n) is 8.64. The zero-order valence-corrected chi connectivity index (χ0v) is 13.8. The number of carbonyl (C=O) groups excluding carboxylic acids is 1. The highest BCUT2D eigenvalue weighted by Crippen LogP contribution is 2.21. The third-order valence-corrected chi connectivity index (χ3v) is 4.33. The maximum atomic E-state index is 12.6. The molecule has 1 unspecified atom stereocenters. The van der Waals surface area contributed by atoms with Gasteiger partial charge in [0.05, 0.1) is 0 Å². The molecule has 1 N–H and O–H groups in total. The van der Waals surface area contributed by atoms with Crippen LogP contribution in [0.2, 0.25) is 0 Å². The number of unbranched alkanes of at least 4 members (excludes halogenated alkanes) is 2. The molecule has 2 heterocycles. The number of amides is 1. The molecule has 0 radical (unpaired) electrons. The van der Waals surface area contributed by atoms with Crippen molar-refractivity contribution in [3.8, 4) is 0 Å². The number of rotatable bonds is 7. The van der Waals surface area contributed by atoms with Gasteiger partial charge in [0.15, 0.2) is 5.69 Å². The zero-order chi connectivity index (χ0) is 15.8. The second kappa shape index (κ2) is 8.71. The van der Waals surface area contributed by atoms with Crippen molar-refractivity contribution in [2.45, 2.75) is 64.8 Å². The number of likely N-dealkylation sites (tertiary alicyclic amines) is 1. The van der Waals surface area contributed by atoms with E-state index in [0.717, 1.165) is 44.6 Å². The third kappa shape index (κ3) is 4.42. The predicted molar refractivity (Wildman–Crippen MR) is 89.0 cm³/mol. The highest BCUT2D eigenvalue weighted by molar-refractivity contribution is 5.92. The number of anilines is 1. The Bertz CT molecular complexity index is 460. The van der Waals surface area contributed by atoms with Crippen molar-refractivity contribution in [1.82, 2.24) is 15.1 Å². The zero-order valence-electron chi connectivity index (χ0n) is 13.8. The van der Waals surface area contributed by atoms with E-state index in [1.54, 1.807) is 6.07 Å². The lowest BCUT2D eigenvalue weighted by molar-refractivity contribution is 0.0601. The number of nitrogens with zero attached hydrogens (tertiary/aromatic N) is 3. The van der Waals surface area contributed by atoms with E-state index in [1.807, 2.05) is 11.0 Å². The maximum Gasteiger partial charge on any atom is 0.274 e. The fraction of sp³-hybridized carbons (Fsp3) is 0.706. The predicted octanol–water partition coefficient (Wildman–Crippen LogP) is 3.48. The largest absolute Gasteiger partial charge is 0.369 e. The van der Waals surface area contributed by atoms with Gasteiger partial charge in [0.25, 0.3) is 5.91 Å². The number of piperidine rings is 1. The summed E-state index contributed by atoms with van der Waals surface area (Å²) in [6.07, 6.45) is 7.97. The lowest BCUT2D eigenvalue weighted by Crippen LogP contribution is -2.43. The van der Waals surface area contributed by atoms with Crippen molar-refractivity contribution < 1.29 is 4.79 Å². The average molecular weight is 304 g/mol. The molecular formula is C17H28N4O. The lowest BCUT2D eigenvalue weighted by atomic mass is 9.99. The van der Waals surface area contributed by atoms with Crippen LogP contribution in [0.15, 0.2) is 12.1 Å². The van der Waals surface area contributed by atoms with Gasteiger partial charge in [-0.3, -0.25) is 4.79 Å². The molecule has 1 fully saturated rings. The van der Waals surface area contributed by atoms with E-state index in [9.17, 15) is 4.79 Å². The van der Waals surface area contributed by atoms with Crippen LogP contribution in [0.1, 0.15) is 69.3 Å². The molecule has 1 saturated heterocycles. The highest BCUT2D eigenvalue weighted by atomic mass is 16.2. The summed E-state index contributed by atoms with van der Waals surface area (Å²) in [6.45, 7) is 6.07. The number of carbonyl (C=O) groups is 1. The van der Waals surface area contributed by atoms with Gasteiger partial charge in [0.1, 0.15) is 5.82 Å². The van der Waals surface area contributed by atoms with Gasteiger partial charge in [-0.05, 0) is 44.2 Å². The second-order valence-electron chi connectivity index (χ2n) is 5.99. The van der Waals surface area contributed by atoms with Gasteiger partial charge in [-0.25, -0.2) is 0 Å². The van der Waals surface area contributed by atoms with Gasteiger partial charge >= 0.3 is 0 Å². The van der Waals surface area contributed by atoms with Gasteiger partial charge in [0, 0.05) is 19.1 Å². The smallest absolute Gasteiger partial charge is 0.274 e. The molecule has 0 bridgehead atoms. The molecule has 0 aliphatic carbocycles. The van der Waals surface area contributed by atoms with E-state index in [2.05, 4.69) is 29.4 Å². The maximum absolute atomic E-state index is 12.6. The van der Waals surface area contributed by atoms with Crippen molar-refractivity contribution >= 4 is 11.7 Å². The van der Waals surface area contributed by atoms with E-state index in [-0.39, 0.29) is 5.91 Å². The molecule has 1 aliphatic heterocycles. The summed E-state index contributed by atoms with van der Waals surface area (Å²) in [5.41, 5.74) is 0.458. The van der Waals surface area contributed by atoms with Gasteiger partial charge in [-0.15, -0.1) is 10.2 Å². The Labute approximate surface area is 133 Å². The Morgan fingerprint density at radius 2 is 2.14 bits per heavy atom. The van der Waals surface area contributed by atoms with Crippen LogP contribution >= 0.6 is 0 Å². The summed E-state index contributed by atoms with van der Waals surface area (Å²) < 4.78 is 0. The normalized spacial score (nSPS) is 18.3. The highest BCUT2D eigenvalue weighted by Gasteiger charge is 2.27. The van der Waals surface area contributed by atoms with E-state index >= 15 is 0 Å². The molecule has 0 aromatic carbocycles. The van der Waals surface area contributed by atoms with Crippen LogP contribution in [-0.4, -0.2) is 40.1 Å². The first-order chi connectivity index (χ1) is 10.8. The molecule has 0 saturated carbocycles. The van der Waals surface area contributed by atoms with E-state index in [1.165, 1.54) is 19.3 Å². The lowest BCUT2D eigenvalue weighted by Gasteiger charge is -2.34. The monoisotopic (exact) mass is 304 g/mol. The molecule has 0 spiro atoms. The van der Waals surface area contributed by atoms with Crippen LogP contribution in [0, 0.1) is 0 Å². The first kappa shape index (κ1) is 16.7. The van der Waals surface area contributed by atoms with Crippen LogP contribution in [0.4, 0.5) is 5.82 Å². The SMILES string of the molecule is CCCCCNc1ccc(C(=O)N2CCCCC2CC)nn1. The molecule has 5 heteroatoms. The Hall–Kier alpha value is -1.65. The topological polar surface area (TPSA) is 58.1 Å². The molecule has 1 atom stereocenters. The Morgan fingerprint density at radius 1 is 1.27 bits per heavy atom. The van der Waals surface area contributed by atoms with Gasteiger partial charge in [-0.1, -0.05) is 26.7 Å². The fourth-order valence-electron chi connectivity index (χ4n) is 2.97. The van der Waals surface area contributed by atoms with Crippen LogP contribution in [-0.2, 0) is 0 Å². The number of aromatic nitrogens is 2. The minimum absolute atomic E-state index is 0.0246. The van der Waals surface area contributed by atoms with Gasteiger partial charge < -0.3 is 10.2 Å². The molecule has 1 amide bonds. The molecule has 2 rings (SSSR count). The standard InChI is InChI=1S/C17H28N4O/c1-3-5-7-12-18-16-11-10-15(19-20-16)17(22)21-13-8-6-9-14(21)4-2/h10-11,14H,3-9,12-13H2,1-2H3,(H,18,20). The van der Waals surface area contributed by atoms with Crippen molar-refractivity contribution in [3.05, 3.63) is 17.8 Å².